The first-order valence-electron chi connectivity index (χ1n) is 34.8. The van der Waals surface area contributed by atoms with Gasteiger partial charge in [-0.3, -0.25) is 9.36 Å². The zero-order chi connectivity index (χ0) is 62.6. The third kappa shape index (κ3) is 67.6. The van der Waals surface area contributed by atoms with Crippen molar-refractivity contribution in [2.75, 3.05) is 40.9 Å². The summed E-state index contributed by atoms with van der Waals surface area (Å²) in [5, 5.41) is 13.9. The fourth-order valence-electron chi connectivity index (χ4n) is 9.33. The Morgan fingerprint density at radius 2 is 0.721 bits per heavy atom. The molecule has 0 aromatic heterocycles. The number of hydrogen-bond donors (Lipinski definition) is 2. The number of nitrogens with zero attached hydrogens (tertiary/aromatic N) is 1. The molecular formula is C77H131N2O6P. The Kier molecular flexibility index (Phi) is 62.6. The van der Waals surface area contributed by atoms with Crippen LogP contribution in [0.5, 0.6) is 0 Å². The largest absolute Gasteiger partial charge is 0.756 e. The monoisotopic (exact) mass is 1210 g/mol. The van der Waals surface area contributed by atoms with E-state index in [4.69, 9.17) is 9.05 Å². The molecular weight excluding hydrogens is 1080 g/mol. The van der Waals surface area contributed by atoms with Crippen LogP contribution in [0.25, 0.3) is 0 Å². The summed E-state index contributed by atoms with van der Waals surface area (Å²) in [6.07, 6.45) is 102. The molecule has 0 spiro atoms. The molecule has 1 amide bonds. The summed E-state index contributed by atoms with van der Waals surface area (Å²) in [5.41, 5.74) is 0. The van der Waals surface area contributed by atoms with Crippen LogP contribution in [0.1, 0.15) is 271 Å². The van der Waals surface area contributed by atoms with Gasteiger partial charge in [0, 0.05) is 6.42 Å². The van der Waals surface area contributed by atoms with Crippen LogP contribution in [0.15, 0.2) is 158 Å². The Bertz CT molecular complexity index is 1960. The molecule has 0 aromatic carbocycles. The average Bonchev–Trinajstić information content (AvgIpc) is 3.70. The highest BCUT2D eigenvalue weighted by Gasteiger charge is 2.23. The van der Waals surface area contributed by atoms with E-state index in [-0.39, 0.29) is 18.9 Å². The van der Waals surface area contributed by atoms with Crippen molar-refractivity contribution in [3.63, 3.8) is 0 Å². The summed E-state index contributed by atoms with van der Waals surface area (Å²) in [4.78, 5) is 25.6. The van der Waals surface area contributed by atoms with E-state index in [1.165, 1.54) is 128 Å². The standard InChI is InChI=1S/C77H131N2O6P/c1-6-8-10-12-14-16-18-20-22-24-26-28-30-32-34-36-37-38-39-40-41-43-45-47-49-51-53-55-57-59-61-63-65-67-69-71-77(81)78-75(74-85-86(82,83)84-73-72-79(3,4)5)76(80)70-68-66-64-62-60-58-56-54-52-50-48-46-44-42-35-33-31-29-27-25-23-21-19-17-15-13-11-9-7-2/h8,10,14,16,20,22,26,28,32,34,37-38,40-41,45,47,51-54,57,59-60,62,68,70,75-76,80H,6-7,9,11-13,15,17-19,21,23-25,27,29-31,33,35-36,39,42-44,46,48-50,55-56,58,61,63-67,69,71-74H2,1-5H3,(H-,78,81,82,83)/b10-8-,16-14-,22-20-,28-26-,34-32-,38-37-,41-40-,47-45-,53-51-,54-52+,59-57-,62-60+,70-68+. The highest BCUT2D eigenvalue weighted by molar-refractivity contribution is 7.45. The number of phosphoric ester groups is 1. The number of rotatable bonds is 62. The van der Waals surface area contributed by atoms with E-state index >= 15 is 0 Å². The quantitative estimate of drug-likeness (QED) is 0.0272. The van der Waals surface area contributed by atoms with E-state index in [0.717, 1.165) is 109 Å². The number of likely N-dealkylation sites (N-methyl/N-ethyl adjacent to an activating group) is 1. The van der Waals surface area contributed by atoms with Gasteiger partial charge in [-0.2, -0.15) is 0 Å². The number of aliphatic hydroxyl groups is 1. The summed E-state index contributed by atoms with van der Waals surface area (Å²) in [6.45, 7) is 4.49. The SMILES string of the molecule is CC/C=C\C/C=C\C/C=C\C/C=C\C/C=C\C/C=C\C/C=C\C/C=C\C/C=C\C/C=C\CCCCCCC(=O)NC(COP(=O)([O-])OCC[N+](C)(C)C)C(O)/C=C/CC/C=C/CC/C=C/CCCCCCCCCCCCCCCCCCCCC. The maximum atomic E-state index is 13.0. The number of allylic oxidation sites excluding steroid dienone is 25. The Labute approximate surface area is 531 Å². The van der Waals surface area contributed by atoms with E-state index in [0.29, 0.717) is 23.9 Å². The lowest BCUT2D eigenvalue weighted by atomic mass is 10.0. The van der Waals surface area contributed by atoms with Crippen molar-refractivity contribution < 1.29 is 32.9 Å². The Morgan fingerprint density at radius 3 is 1.08 bits per heavy atom. The van der Waals surface area contributed by atoms with Gasteiger partial charge in [-0.1, -0.05) is 300 Å². The highest BCUT2D eigenvalue weighted by Crippen LogP contribution is 2.38. The molecule has 0 saturated carbocycles. The van der Waals surface area contributed by atoms with Crippen LogP contribution < -0.4 is 10.2 Å². The van der Waals surface area contributed by atoms with Crippen LogP contribution in [-0.4, -0.2) is 68.5 Å². The van der Waals surface area contributed by atoms with Gasteiger partial charge in [0.2, 0.25) is 5.91 Å². The number of aliphatic hydroxyl groups excluding tert-OH is 1. The van der Waals surface area contributed by atoms with Crippen molar-refractivity contribution in [1.82, 2.24) is 5.32 Å². The third-order valence-corrected chi connectivity index (χ3v) is 15.7. The molecule has 0 aliphatic rings. The summed E-state index contributed by atoms with van der Waals surface area (Å²) in [7, 11) is 1.20. The molecule has 0 rings (SSSR count). The molecule has 3 unspecified atom stereocenters. The number of phosphoric acid groups is 1. The molecule has 0 heterocycles. The number of carbonyl (C=O) groups is 1. The van der Waals surface area contributed by atoms with E-state index < -0.39 is 26.6 Å². The van der Waals surface area contributed by atoms with Crippen LogP contribution in [0.3, 0.4) is 0 Å². The summed E-state index contributed by atoms with van der Waals surface area (Å²) >= 11 is 0. The van der Waals surface area contributed by atoms with Crippen molar-refractivity contribution in [3.8, 4) is 0 Å². The lowest BCUT2D eigenvalue weighted by Gasteiger charge is -2.29. The van der Waals surface area contributed by atoms with Gasteiger partial charge in [0.05, 0.1) is 39.9 Å². The smallest absolute Gasteiger partial charge is 0.268 e. The molecule has 8 nitrogen and oxygen atoms in total. The minimum atomic E-state index is -4.64. The lowest BCUT2D eigenvalue weighted by Crippen LogP contribution is -2.45. The molecule has 0 aromatic rings. The lowest BCUT2D eigenvalue weighted by molar-refractivity contribution is -0.870. The van der Waals surface area contributed by atoms with Crippen LogP contribution in [0, 0.1) is 0 Å². The Morgan fingerprint density at radius 1 is 0.419 bits per heavy atom. The second kappa shape index (κ2) is 65.6. The molecule has 0 aliphatic heterocycles. The highest BCUT2D eigenvalue weighted by atomic mass is 31.2. The minimum absolute atomic E-state index is 0.0232. The minimum Gasteiger partial charge on any atom is -0.756 e. The molecule has 0 fully saturated rings. The van der Waals surface area contributed by atoms with Gasteiger partial charge in [0.25, 0.3) is 7.82 Å². The van der Waals surface area contributed by atoms with E-state index in [1.807, 2.05) is 27.2 Å². The molecule has 3 atom stereocenters. The van der Waals surface area contributed by atoms with Gasteiger partial charge >= 0.3 is 0 Å². The number of nitrogens with one attached hydrogen (secondary N) is 1. The zero-order valence-corrected chi connectivity index (χ0v) is 56.8. The molecule has 86 heavy (non-hydrogen) atoms. The van der Waals surface area contributed by atoms with Gasteiger partial charge in [-0.05, 0) is 122 Å². The second-order valence-corrected chi connectivity index (χ2v) is 25.5. The van der Waals surface area contributed by atoms with Crippen LogP contribution in [0.2, 0.25) is 0 Å². The first-order chi connectivity index (χ1) is 42.0. The summed E-state index contributed by atoms with van der Waals surface area (Å²) in [6, 6.07) is -0.938. The number of carbonyl (C=O) groups excluding carboxylic acids is 1. The van der Waals surface area contributed by atoms with Crippen molar-refractivity contribution in [1.29, 1.82) is 0 Å². The van der Waals surface area contributed by atoms with Gasteiger partial charge in [0.15, 0.2) is 0 Å². The third-order valence-electron chi connectivity index (χ3n) is 14.7. The molecule has 490 valence electrons. The van der Waals surface area contributed by atoms with Gasteiger partial charge in [-0.25, -0.2) is 0 Å². The fourth-order valence-corrected chi connectivity index (χ4v) is 10.1. The Balaban J connectivity index is 4.28. The molecule has 2 N–H and O–H groups in total. The number of unbranched alkanes of at least 4 members (excludes halogenated alkanes) is 25. The summed E-state index contributed by atoms with van der Waals surface area (Å²) in [5.74, 6) is -0.241. The maximum Gasteiger partial charge on any atom is 0.268 e. The molecule has 0 saturated heterocycles. The van der Waals surface area contributed by atoms with Gasteiger partial charge in [0.1, 0.15) is 13.2 Å². The van der Waals surface area contributed by atoms with Crippen molar-refractivity contribution in [2.24, 2.45) is 0 Å². The number of amides is 1. The van der Waals surface area contributed by atoms with E-state index in [9.17, 15) is 19.4 Å². The first kappa shape index (κ1) is 82.1. The molecule has 0 aliphatic carbocycles. The predicted octanol–water partition coefficient (Wildman–Crippen LogP) is 21.9. The topological polar surface area (TPSA) is 108 Å². The maximum absolute atomic E-state index is 13.0. The first-order valence-corrected chi connectivity index (χ1v) is 36.3. The molecule has 9 heteroatoms. The van der Waals surface area contributed by atoms with Crippen LogP contribution in [-0.2, 0) is 18.4 Å². The van der Waals surface area contributed by atoms with Crippen LogP contribution >= 0.6 is 7.82 Å². The Hall–Kier alpha value is -3.88. The molecule has 0 bridgehead atoms. The average molecular weight is 1210 g/mol. The number of hydrogen-bond acceptors (Lipinski definition) is 6. The fraction of sp³-hybridized carbons (Fsp3) is 0.649. The van der Waals surface area contributed by atoms with E-state index in [1.54, 1.807) is 6.08 Å². The van der Waals surface area contributed by atoms with Gasteiger partial charge < -0.3 is 28.8 Å². The van der Waals surface area contributed by atoms with Crippen molar-refractivity contribution in [3.05, 3.63) is 158 Å². The predicted molar refractivity (Wildman–Crippen MR) is 375 cm³/mol. The van der Waals surface area contributed by atoms with Gasteiger partial charge in [-0.15, -0.1) is 0 Å². The van der Waals surface area contributed by atoms with Crippen molar-refractivity contribution in [2.45, 2.75) is 283 Å². The summed E-state index contributed by atoms with van der Waals surface area (Å²) < 4.78 is 23.4. The normalized spacial score (nSPS) is 14.6. The number of quaternary nitrogens is 1. The van der Waals surface area contributed by atoms with E-state index in [2.05, 4.69) is 165 Å². The van der Waals surface area contributed by atoms with Crippen molar-refractivity contribution >= 4 is 13.7 Å². The second-order valence-electron chi connectivity index (χ2n) is 24.1. The zero-order valence-electron chi connectivity index (χ0n) is 56.0. The van der Waals surface area contributed by atoms with Crippen LogP contribution in [0.4, 0.5) is 0 Å². The molecule has 0 radical (unpaired) electrons.